The smallest absolute Gasteiger partial charge is 0.408 e. The topological polar surface area (TPSA) is 26.0 Å². The monoisotopic (exact) mass is 485 g/mol. The third-order valence-electron chi connectivity index (χ3n) is 3.01. The van der Waals surface area contributed by atoms with Gasteiger partial charge in [0.15, 0.2) is 0 Å². The van der Waals surface area contributed by atoms with Crippen LogP contribution in [-0.2, 0) is 12.8 Å². The Labute approximate surface area is 154 Å². The molecule has 0 atom stereocenters. The maximum absolute atomic E-state index is 6.19. The van der Waals surface area contributed by atoms with Gasteiger partial charge in [-0.05, 0) is 54.7 Å². The summed E-state index contributed by atoms with van der Waals surface area (Å²) in [4.78, 5) is 0. The number of allylic oxidation sites excluding steroid dienone is 3. The second-order valence-electron chi connectivity index (χ2n) is 3.99. The maximum atomic E-state index is 6.19. The number of nitrogens with two attached hydrogens (primary N) is 1. The summed E-state index contributed by atoms with van der Waals surface area (Å²) in [6.07, 6.45) is 7.24. The van der Waals surface area contributed by atoms with Gasteiger partial charge in [0.05, 0.1) is 0 Å². The maximum Gasteiger partial charge on any atom is 1.00 e. The molecule has 0 amide bonds. The van der Waals surface area contributed by atoms with Gasteiger partial charge in [-0.1, -0.05) is 6.07 Å². The predicted octanol–water partition coefficient (Wildman–Crippen LogP) is 1.97. The van der Waals surface area contributed by atoms with E-state index in [-0.39, 0.29) is 35.6 Å². The number of hydrogen-bond acceptors (Lipinski definition) is 1. The molecular weight excluding hydrogens is 467 g/mol. The molecule has 1 nitrogen and oxygen atoms in total. The number of nitrogen functional groups attached to an aromatic ring is 1. The van der Waals surface area contributed by atoms with Crippen molar-refractivity contribution in [1.82, 2.24) is 0 Å². The molecular formula is C16H18I2LiN-2. The summed E-state index contributed by atoms with van der Waals surface area (Å²) in [5.74, 6) is 0. The van der Waals surface area contributed by atoms with Crippen molar-refractivity contribution in [1.29, 1.82) is 0 Å². The van der Waals surface area contributed by atoms with E-state index in [2.05, 4.69) is 35.6 Å². The molecule has 0 fully saturated rings. The largest absolute Gasteiger partial charge is 1.00 e. The Kier molecular flexibility index (Phi) is 11.3. The minimum absolute atomic E-state index is 0. The van der Waals surface area contributed by atoms with Gasteiger partial charge in [-0.2, -0.15) is 23.7 Å². The molecule has 1 aromatic rings. The van der Waals surface area contributed by atoms with Gasteiger partial charge in [-0.25, -0.2) is 28.3 Å². The molecule has 2 rings (SSSR count). The Morgan fingerprint density at radius 1 is 1.45 bits per heavy atom. The van der Waals surface area contributed by atoms with E-state index in [0.717, 1.165) is 29.7 Å². The zero-order valence-electron chi connectivity index (χ0n) is 12.0. The first-order valence-electron chi connectivity index (χ1n) is 6.14. The molecule has 2 N–H and O–H groups in total. The predicted molar refractivity (Wildman–Crippen MR) is 104 cm³/mol. The normalized spacial score (nSPS) is 13.2. The van der Waals surface area contributed by atoms with Crippen LogP contribution in [0.5, 0.6) is 0 Å². The quantitative estimate of drug-likeness (QED) is 0.229. The van der Waals surface area contributed by atoms with Crippen LogP contribution in [0.4, 0.5) is 5.69 Å². The number of aryl methyl sites for hydroxylation is 1. The minimum atomic E-state index is 0. The van der Waals surface area contributed by atoms with Crippen molar-refractivity contribution < 1.29 is 18.9 Å². The average Bonchev–Trinajstić information content (AvgIpc) is 2.91. The fourth-order valence-corrected chi connectivity index (χ4v) is 3.41. The molecule has 4 heteroatoms. The van der Waals surface area contributed by atoms with Crippen LogP contribution >= 0.6 is 35.4 Å². The van der Waals surface area contributed by atoms with Crippen LogP contribution in [0.15, 0.2) is 24.3 Å². The molecule has 1 aromatic carbocycles. The zero-order valence-corrected chi connectivity index (χ0v) is 16.4. The summed E-state index contributed by atoms with van der Waals surface area (Å²) in [7, 11) is 0. The first-order valence-corrected chi connectivity index (χ1v) is 13.5. The fourth-order valence-electron chi connectivity index (χ4n) is 2.18. The van der Waals surface area contributed by atoms with Crippen molar-refractivity contribution in [3.63, 3.8) is 0 Å². The Morgan fingerprint density at radius 2 is 2.15 bits per heavy atom. The van der Waals surface area contributed by atoms with E-state index in [1.54, 1.807) is 6.92 Å². The number of halogens is 2. The van der Waals surface area contributed by atoms with E-state index in [9.17, 15) is 0 Å². The molecule has 0 aliphatic heterocycles. The Hall–Kier alpha value is 0.427. The van der Waals surface area contributed by atoms with E-state index in [0.29, 0.717) is 0 Å². The van der Waals surface area contributed by atoms with Gasteiger partial charge in [-0.3, -0.25) is 0 Å². The summed E-state index contributed by atoms with van der Waals surface area (Å²) in [6.45, 7) is 11.1. The zero-order chi connectivity index (χ0) is 14.3. The van der Waals surface area contributed by atoms with Gasteiger partial charge >= 0.3 is 18.9 Å². The molecule has 0 bridgehead atoms. The average molecular weight is 485 g/mol. The van der Waals surface area contributed by atoms with Gasteiger partial charge in [0, 0.05) is 0 Å². The van der Waals surface area contributed by atoms with Gasteiger partial charge in [0.1, 0.15) is 0 Å². The van der Waals surface area contributed by atoms with Crippen molar-refractivity contribution in [3.8, 4) is 0 Å². The first kappa shape index (κ1) is 20.4. The third kappa shape index (κ3) is 5.32. The third-order valence-corrected chi connectivity index (χ3v) is 5.18. The fraction of sp³-hybridized carbons (Fsp3) is 0.250. The van der Waals surface area contributed by atoms with Crippen molar-refractivity contribution in [2.24, 2.45) is 0 Å². The Balaban J connectivity index is 0.00000115. The molecule has 0 heterocycles. The van der Waals surface area contributed by atoms with Crippen LogP contribution in [0.1, 0.15) is 30.0 Å². The van der Waals surface area contributed by atoms with Crippen LogP contribution in [0.2, 0.25) is 0 Å². The molecule has 1 aliphatic carbocycles. The molecule has 0 saturated heterocycles. The van der Waals surface area contributed by atoms with Gasteiger partial charge in [0.25, 0.3) is 0 Å². The van der Waals surface area contributed by atoms with Crippen LogP contribution in [-0.4, -0.2) is 4.01 Å². The molecule has 0 aromatic heterocycles. The SMILES string of the molecule is [CH-]=C(/C=C\[C-]=II)c1ccc2c(c1N)CCC2.[CH2-]C.[Li+]. The summed E-state index contributed by atoms with van der Waals surface area (Å²) in [6, 6.07) is 4.20. The number of fused-ring (bicyclic) bond motifs is 1. The molecule has 0 radical (unpaired) electrons. The summed E-state index contributed by atoms with van der Waals surface area (Å²) in [5.41, 5.74) is 11.4. The van der Waals surface area contributed by atoms with E-state index < -0.39 is 0 Å². The molecule has 0 unspecified atom stereocenters. The van der Waals surface area contributed by atoms with Crippen molar-refractivity contribution >= 4 is 50.6 Å². The second-order valence-corrected chi connectivity index (χ2v) is 7.75. The number of benzene rings is 1. The summed E-state index contributed by atoms with van der Waals surface area (Å²) >= 11 is 2.38. The van der Waals surface area contributed by atoms with Crippen LogP contribution < -0.4 is 24.6 Å². The van der Waals surface area contributed by atoms with E-state index in [1.165, 1.54) is 17.5 Å². The number of hydrogen-bond donors (Lipinski definition) is 1. The van der Waals surface area contributed by atoms with Crippen LogP contribution in [0.3, 0.4) is 0 Å². The summed E-state index contributed by atoms with van der Waals surface area (Å²) in [5, 5.41) is 0. The molecule has 1 aliphatic rings. The standard InChI is InChI=1S/C14H13I2N.C2H5.Li/c1-10(4-3-9-16-15)12-8-7-11-5-2-6-13(11)14(12)17;1-2;/h1,3-4,7-8H,2,5-6,17H2;1H2,2H3;/q-2;-1;+1/b4-3-;;. The van der Waals surface area contributed by atoms with Crippen LogP contribution in [0, 0.1) is 13.5 Å². The molecule has 20 heavy (non-hydrogen) atoms. The van der Waals surface area contributed by atoms with Crippen molar-refractivity contribution in [3.05, 3.63) is 54.5 Å². The van der Waals surface area contributed by atoms with E-state index in [1.807, 2.05) is 18.2 Å². The minimum Gasteiger partial charge on any atom is -0.408 e. The van der Waals surface area contributed by atoms with Gasteiger partial charge in [-0.15, -0.1) is 11.6 Å². The molecule has 0 saturated carbocycles. The molecule has 104 valence electrons. The summed E-state index contributed by atoms with van der Waals surface area (Å²) < 4.78 is 3.20. The number of anilines is 1. The second kappa shape index (κ2) is 11.1. The van der Waals surface area contributed by atoms with Crippen molar-refractivity contribution in [2.75, 3.05) is 5.73 Å². The van der Waals surface area contributed by atoms with Gasteiger partial charge in [0.2, 0.25) is 0 Å². The molecule has 0 spiro atoms. The van der Waals surface area contributed by atoms with E-state index >= 15 is 0 Å². The van der Waals surface area contributed by atoms with E-state index in [4.69, 9.17) is 12.3 Å². The van der Waals surface area contributed by atoms with Crippen molar-refractivity contribution in [2.45, 2.75) is 26.2 Å². The van der Waals surface area contributed by atoms with Crippen LogP contribution in [0.25, 0.3) is 5.57 Å². The Bertz CT molecular complexity index is 507. The first-order chi connectivity index (χ1) is 9.24. The Morgan fingerprint density at radius 3 is 2.80 bits per heavy atom. The number of rotatable bonds is 3. The van der Waals surface area contributed by atoms with Gasteiger partial charge < -0.3 is 12.7 Å².